The van der Waals surface area contributed by atoms with E-state index in [-0.39, 0.29) is 5.75 Å². The van der Waals surface area contributed by atoms with E-state index in [1.807, 2.05) is 54.6 Å². The van der Waals surface area contributed by atoms with E-state index in [9.17, 15) is 5.11 Å². The van der Waals surface area contributed by atoms with Gasteiger partial charge in [-0.15, -0.1) is 0 Å². The van der Waals surface area contributed by atoms with Crippen molar-refractivity contribution in [2.75, 3.05) is 21.3 Å². The Labute approximate surface area is 146 Å². The molecule has 4 heteroatoms. The molecule has 0 atom stereocenters. The van der Waals surface area contributed by atoms with Crippen LogP contribution in [0.25, 0.3) is 22.9 Å². The number of phenolic OH excluding ortho intramolecular Hbond substituents is 1. The average molecular weight is 336 g/mol. The highest BCUT2D eigenvalue weighted by atomic mass is 16.5. The molecular weight excluding hydrogens is 316 g/mol. The monoisotopic (exact) mass is 336 g/mol. The van der Waals surface area contributed by atoms with Crippen molar-refractivity contribution in [3.05, 3.63) is 59.7 Å². The molecule has 0 saturated heterocycles. The average Bonchev–Trinajstić information content (AvgIpc) is 2.65. The summed E-state index contributed by atoms with van der Waals surface area (Å²) in [7, 11) is 4.76. The fourth-order valence-corrected chi connectivity index (χ4v) is 2.80. The Balaban J connectivity index is 1.99. The van der Waals surface area contributed by atoms with Crippen LogP contribution in [0, 0.1) is 0 Å². The molecule has 0 aromatic heterocycles. The summed E-state index contributed by atoms with van der Waals surface area (Å²) in [6.07, 6.45) is 3.88. The minimum Gasteiger partial charge on any atom is -0.507 e. The van der Waals surface area contributed by atoms with Gasteiger partial charge in [0.15, 0.2) is 11.5 Å². The summed E-state index contributed by atoms with van der Waals surface area (Å²) in [6.45, 7) is 0. The molecular formula is C21H20O4. The summed E-state index contributed by atoms with van der Waals surface area (Å²) < 4.78 is 16.1. The Kier molecular flexibility index (Phi) is 4.80. The zero-order chi connectivity index (χ0) is 17.8. The van der Waals surface area contributed by atoms with Crippen molar-refractivity contribution in [3.8, 4) is 23.0 Å². The second-order valence-corrected chi connectivity index (χ2v) is 5.55. The lowest BCUT2D eigenvalue weighted by molar-refractivity contribution is 0.324. The SMILES string of the molecule is COc1cc(C=Cc2cc(O)c3ccccc3c2)cc(OC)c1OC. The minimum absolute atomic E-state index is 0.266. The lowest BCUT2D eigenvalue weighted by Gasteiger charge is -2.12. The summed E-state index contributed by atoms with van der Waals surface area (Å²) in [4.78, 5) is 0. The highest BCUT2D eigenvalue weighted by molar-refractivity contribution is 5.91. The van der Waals surface area contributed by atoms with Gasteiger partial charge in [0.25, 0.3) is 0 Å². The molecule has 0 unspecified atom stereocenters. The van der Waals surface area contributed by atoms with Gasteiger partial charge in [-0.05, 0) is 40.8 Å². The first-order valence-electron chi connectivity index (χ1n) is 7.86. The van der Waals surface area contributed by atoms with Gasteiger partial charge in [-0.3, -0.25) is 0 Å². The smallest absolute Gasteiger partial charge is 0.203 e. The number of methoxy groups -OCH3 is 3. The van der Waals surface area contributed by atoms with Gasteiger partial charge in [0.1, 0.15) is 5.75 Å². The van der Waals surface area contributed by atoms with Crippen LogP contribution in [-0.2, 0) is 0 Å². The third-order valence-electron chi connectivity index (χ3n) is 4.02. The summed E-state index contributed by atoms with van der Waals surface area (Å²) in [5.74, 6) is 2.03. The number of rotatable bonds is 5. The Bertz CT molecular complexity index is 903. The Morgan fingerprint density at radius 3 is 1.96 bits per heavy atom. The van der Waals surface area contributed by atoms with Crippen LogP contribution >= 0.6 is 0 Å². The second kappa shape index (κ2) is 7.18. The molecule has 0 aliphatic heterocycles. The fourth-order valence-electron chi connectivity index (χ4n) is 2.80. The maximum Gasteiger partial charge on any atom is 0.203 e. The van der Waals surface area contributed by atoms with Crippen LogP contribution in [0.2, 0.25) is 0 Å². The van der Waals surface area contributed by atoms with Crippen molar-refractivity contribution in [2.24, 2.45) is 0 Å². The molecule has 0 fully saturated rings. The van der Waals surface area contributed by atoms with Gasteiger partial charge in [-0.25, -0.2) is 0 Å². The summed E-state index contributed by atoms with van der Waals surface area (Å²) in [6, 6.07) is 15.3. The first kappa shape index (κ1) is 16.7. The van der Waals surface area contributed by atoms with Gasteiger partial charge in [0.05, 0.1) is 21.3 Å². The van der Waals surface area contributed by atoms with Gasteiger partial charge in [-0.1, -0.05) is 36.4 Å². The van der Waals surface area contributed by atoms with Crippen LogP contribution in [-0.4, -0.2) is 26.4 Å². The van der Waals surface area contributed by atoms with E-state index in [0.717, 1.165) is 21.9 Å². The maximum atomic E-state index is 10.2. The third-order valence-corrected chi connectivity index (χ3v) is 4.02. The largest absolute Gasteiger partial charge is 0.507 e. The van der Waals surface area contributed by atoms with Crippen molar-refractivity contribution in [2.45, 2.75) is 0 Å². The van der Waals surface area contributed by atoms with Crippen LogP contribution in [0.3, 0.4) is 0 Å². The number of benzene rings is 3. The van der Waals surface area contributed by atoms with Crippen LogP contribution < -0.4 is 14.2 Å². The van der Waals surface area contributed by atoms with Gasteiger partial charge in [0, 0.05) is 5.39 Å². The van der Waals surface area contributed by atoms with E-state index in [1.54, 1.807) is 27.4 Å². The zero-order valence-electron chi connectivity index (χ0n) is 14.4. The summed E-state index contributed by atoms with van der Waals surface area (Å²) >= 11 is 0. The maximum absolute atomic E-state index is 10.2. The van der Waals surface area contributed by atoms with E-state index in [4.69, 9.17) is 14.2 Å². The lowest BCUT2D eigenvalue weighted by Crippen LogP contribution is -1.95. The van der Waals surface area contributed by atoms with E-state index in [1.165, 1.54) is 0 Å². The molecule has 0 amide bonds. The van der Waals surface area contributed by atoms with E-state index in [0.29, 0.717) is 17.2 Å². The molecule has 3 aromatic carbocycles. The predicted octanol–water partition coefficient (Wildman–Crippen LogP) is 4.74. The van der Waals surface area contributed by atoms with Gasteiger partial charge in [0.2, 0.25) is 5.75 Å². The Morgan fingerprint density at radius 2 is 1.36 bits per heavy atom. The molecule has 4 nitrogen and oxygen atoms in total. The third kappa shape index (κ3) is 3.38. The lowest BCUT2D eigenvalue weighted by atomic mass is 10.0. The molecule has 0 radical (unpaired) electrons. The van der Waals surface area contributed by atoms with Crippen molar-refractivity contribution in [1.29, 1.82) is 0 Å². The number of aromatic hydroxyl groups is 1. The molecule has 1 N–H and O–H groups in total. The number of hydrogen-bond donors (Lipinski definition) is 1. The van der Waals surface area contributed by atoms with Crippen molar-refractivity contribution in [1.82, 2.24) is 0 Å². The standard InChI is InChI=1S/C21H20O4/c1-23-19-12-15(13-20(24-2)21(19)25-3)9-8-14-10-16-6-4-5-7-17(16)18(22)11-14/h4-13,22H,1-3H3. The quantitative estimate of drug-likeness (QED) is 0.684. The number of phenols is 1. The molecule has 0 aliphatic carbocycles. The van der Waals surface area contributed by atoms with Gasteiger partial charge in [-0.2, -0.15) is 0 Å². The van der Waals surface area contributed by atoms with Crippen LogP contribution in [0.5, 0.6) is 23.0 Å². The van der Waals surface area contributed by atoms with E-state index < -0.39 is 0 Å². The van der Waals surface area contributed by atoms with Crippen molar-refractivity contribution >= 4 is 22.9 Å². The van der Waals surface area contributed by atoms with Crippen molar-refractivity contribution < 1.29 is 19.3 Å². The van der Waals surface area contributed by atoms with Gasteiger partial charge >= 0.3 is 0 Å². The molecule has 128 valence electrons. The van der Waals surface area contributed by atoms with Crippen LogP contribution in [0.4, 0.5) is 0 Å². The number of hydrogen-bond acceptors (Lipinski definition) is 4. The van der Waals surface area contributed by atoms with E-state index in [2.05, 4.69) is 0 Å². The molecule has 0 bridgehead atoms. The highest BCUT2D eigenvalue weighted by Gasteiger charge is 2.12. The molecule has 25 heavy (non-hydrogen) atoms. The Morgan fingerprint density at radius 1 is 0.760 bits per heavy atom. The molecule has 0 spiro atoms. The fraction of sp³-hybridized carbons (Fsp3) is 0.143. The Hall–Kier alpha value is -3.14. The van der Waals surface area contributed by atoms with Crippen molar-refractivity contribution in [3.63, 3.8) is 0 Å². The van der Waals surface area contributed by atoms with Crippen LogP contribution in [0.1, 0.15) is 11.1 Å². The zero-order valence-corrected chi connectivity index (χ0v) is 14.4. The molecule has 0 saturated carbocycles. The summed E-state index contributed by atoms with van der Waals surface area (Å²) in [5, 5.41) is 12.0. The topological polar surface area (TPSA) is 47.9 Å². The molecule has 3 aromatic rings. The number of ether oxygens (including phenoxy) is 3. The molecule has 3 rings (SSSR count). The van der Waals surface area contributed by atoms with Gasteiger partial charge < -0.3 is 19.3 Å². The number of fused-ring (bicyclic) bond motifs is 1. The highest BCUT2D eigenvalue weighted by Crippen LogP contribution is 2.38. The van der Waals surface area contributed by atoms with E-state index >= 15 is 0 Å². The predicted molar refractivity (Wildman–Crippen MR) is 101 cm³/mol. The first-order chi connectivity index (χ1) is 12.2. The first-order valence-corrected chi connectivity index (χ1v) is 7.86. The molecule has 0 aliphatic rings. The molecule has 0 heterocycles. The minimum atomic E-state index is 0.266. The second-order valence-electron chi connectivity index (χ2n) is 5.55. The van der Waals surface area contributed by atoms with Crippen LogP contribution in [0.15, 0.2) is 48.5 Å². The normalized spacial score (nSPS) is 11.0. The summed E-state index contributed by atoms with van der Waals surface area (Å²) in [5.41, 5.74) is 1.81.